The standard InChI is InChI=1S/C6H14N2S/c1-5-9(6-2,7-3)8-4/h5-8H,1-2H2,3-4H3. The number of hydrogen-bond donors (Lipinski definition) is 2. The molecular weight excluding hydrogens is 132 g/mol. The smallest absolute Gasteiger partial charge is 0.00545 e. The average molecular weight is 146 g/mol. The molecule has 0 radical (unpaired) electrons. The molecule has 0 fully saturated rings. The van der Waals surface area contributed by atoms with Crippen molar-refractivity contribution in [2.24, 2.45) is 0 Å². The molecule has 0 aliphatic heterocycles. The van der Waals surface area contributed by atoms with E-state index in [1.54, 1.807) is 0 Å². The van der Waals surface area contributed by atoms with Crippen molar-refractivity contribution in [1.29, 1.82) is 0 Å². The van der Waals surface area contributed by atoms with Crippen LogP contribution in [0.5, 0.6) is 0 Å². The summed E-state index contributed by atoms with van der Waals surface area (Å²) in [6.07, 6.45) is 0. The first kappa shape index (κ1) is 8.75. The lowest BCUT2D eigenvalue weighted by Crippen LogP contribution is -2.23. The maximum Gasteiger partial charge on any atom is -0.00545 e. The van der Waals surface area contributed by atoms with Crippen molar-refractivity contribution in [2.45, 2.75) is 0 Å². The van der Waals surface area contributed by atoms with Crippen molar-refractivity contribution in [3.05, 3.63) is 24.0 Å². The van der Waals surface area contributed by atoms with Gasteiger partial charge in [0.25, 0.3) is 0 Å². The monoisotopic (exact) mass is 146 g/mol. The SMILES string of the molecule is C=CS(C=C)(NC)NC. The molecule has 3 heteroatoms. The largest absolute Gasteiger partial charge is 0.266 e. The first-order chi connectivity index (χ1) is 4.24. The van der Waals surface area contributed by atoms with E-state index < -0.39 is 10.4 Å². The molecule has 0 rings (SSSR count). The molecule has 0 aromatic heterocycles. The third-order valence-electron chi connectivity index (χ3n) is 1.20. The van der Waals surface area contributed by atoms with Gasteiger partial charge in [-0.15, -0.1) is 0 Å². The molecule has 0 spiro atoms. The second-order valence-corrected chi connectivity index (χ2v) is 4.35. The third kappa shape index (κ3) is 1.86. The summed E-state index contributed by atoms with van der Waals surface area (Å²) >= 11 is 0. The summed E-state index contributed by atoms with van der Waals surface area (Å²) in [5, 5.41) is 3.69. The molecule has 0 aliphatic carbocycles. The van der Waals surface area contributed by atoms with E-state index >= 15 is 0 Å². The summed E-state index contributed by atoms with van der Waals surface area (Å²) in [4.78, 5) is 0. The average Bonchev–Trinajstić information content (AvgIpc) is 1.95. The van der Waals surface area contributed by atoms with E-state index in [4.69, 9.17) is 0 Å². The van der Waals surface area contributed by atoms with Gasteiger partial charge in [-0.05, 0) is 24.9 Å². The second-order valence-electron chi connectivity index (χ2n) is 1.45. The van der Waals surface area contributed by atoms with Gasteiger partial charge in [0.15, 0.2) is 0 Å². The van der Waals surface area contributed by atoms with Crippen LogP contribution in [0.3, 0.4) is 0 Å². The number of rotatable bonds is 4. The van der Waals surface area contributed by atoms with E-state index in [0.29, 0.717) is 0 Å². The van der Waals surface area contributed by atoms with Crippen molar-refractivity contribution in [1.82, 2.24) is 9.44 Å². The number of hydrogen-bond acceptors (Lipinski definition) is 2. The summed E-state index contributed by atoms with van der Waals surface area (Å²) in [6, 6.07) is 0. The van der Waals surface area contributed by atoms with E-state index in [-0.39, 0.29) is 0 Å². The Morgan fingerprint density at radius 2 is 1.44 bits per heavy atom. The molecule has 0 saturated heterocycles. The van der Waals surface area contributed by atoms with Crippen molar-refractivity contribution in [3.8, 4) is 0 Å². The molecule has 0 aromatic rings. The molecule has 0 aliphatic rings. The minimum atomic E-state index is -1.12. The molecule has 0 saturated carbocycles. The van der Waals surface area contributed by atoms with Crippen LogP contribution < -0.4 is 9.44 Å². The lowest BCUT2D eigenvalue weighted by atomic mass is 11.3. The van der Waals surface area contributed by atoms with E-state index in [1.165, 1.54) is 0 Å². The fraction of sp³-hybridized carbons (Fsp3) is 0.333. The lowest BCUT2D eigenvalue weighted by molar-refractivity contribution is 1.17. The van der Waals surface area contributed by atoms with Gasteiger partial charge < -0.3 is 0 Å². The summed E-state index contributed by atoms with van der Waals surface area (Å²) < 4.78 is 6.20. The van der Waals surface area contributed by atoms with Gasteiger partial charge in [-0.25, -0.2) is 0 Å². The molecule has 0 unspecified atom stereocenters. The van der Waals surface area contributed by atoms with Crippen molar-refractivity contribution in [3.63, 3.8) is 0 Å². The normalized spacial score (nSPS) is 12.7. The molecule has 0 atom stereocenters. The molecular formula is C6H14N2S. The van der Waals surface area contributed by atoms with Gasteiger partial charge in [-0.3, -0.25) is 9.44 Å². The summed E-state index contributed by atoms with van der Waals surface area (Å²) in [5.74, 6) is 0. The Labute approximate surface area is 58.6 Å². The first-order valence-electron chi connectivity index (χ1n) is 2.70. The summed E-state index contributed by atoms with van der Waals surface area (Å²) in [6.45, 7) is 7.37. The van der Waals surface area contributed by atoms with Gasteiger partial charge in [-0.1, -0.05) is 23.6 Å². The van der Waals surface area contributed by atoms with Gasteiger partial charge in [0, 0.05) is 0 Å². The molecule has 2 N–H and O–H groups in total. The minimum Gasteiger partial charge on any atom is -0.266 e. The molecule has 0 amide bonds. The van der Waals surface area contributed by atoms with Crippen LogP contribution in [0.1, 0.15) is 0 Å². The highest BCUT2D eigenvalue weighted by atomic mass is 32.3. The van der Waals surface area contributed by atoms with Gasteiger partial charge in [0.1, 0.15) is 0 Å². The topological polar surface area (TPSA) is 24.1 Å². The zero-order valence-electron chi connectivity index (χ0n) is 5.98. The van der Waals surface area contributed by atoms with Crippen LogP contribution in [0.25, 0.3) is 0 Å². The van der Waals surface area contributed by atoms with Crippen LogP contribution in [-0.4, -0.2) is 14.1 Å². The van der Waals surface area contributed by atoms with Crippen molar-refractivity contribution in [2.75, 3.05) is 14.1 Å². The lowest BCUT2D eigenvalue weighted by Gasteiger charge is -2.31. The Bertz CT molecular complexity index is 97.6. The maximum atomic E-state index is 3.69. The molecule has 0 heterocycles. The van der Waals surface area contributed by atoms with E-state index in [0.717, 1.165) is 0 Å². The summed E-state index contributed by atoms with van der Waals surface area (Å²) in [7, 11) is 2.65. The number of nitrogens with one attached hydrogen (secondary N) is 2. The van der Waals surface area contributed by atoms with Gasteiger partial charge >= 0.3 is 0 Å². The van der Waals surface area contributed by atoms with Gasteiger partial charge in [0.05, 0.1) is 0 Å². The Kier molecular flexibility index (Phi) is 3.61. The van der Waals surface area contributed by atoms with Crippen LogP contribution in [0.4, 0.5) is 0 Å². The molecule has 0 aromatic carbocycles. The minimum absolute atomic E-state index is 1.12. The second kappa shape index (κ2) is 3.71. The fourth-order valence-corrected chi connectivity index (χ4v) is 1.51. The predicted octanol–water partition coefficient (Wildman–Crippen LogP) is 1.35. The highest BCUT2D eigenvalue weighted by Crippen LogP contribution is 2.39. The van der Waals surface area contributed by atoms with E-state index in [2.05, 4.69) is 22.6 Å². The van der Waals surface area contributed by atoms with E-state index in [1.807, 2.05) is 24.9 Å². The Morgan fingerprint density at radius 1 is 1.11 bits per heavy atom. The molecule has 54 valence electrons. The first-order valence-corrected chi connectivity index (χ1v) is 4.46. The van der Waals surface area contributed by atoms with Crippen LogP contribution in [0, 0.1) is 0 Å². The van der Waals surface area contributed by atoms with Crippen LogP contribution in [0.15, 0.2) is 24.0 Å². The highest BCUT2D eigenvalue weighted by Gasteiger charge is 2.07. The van der Waals surface area contributed by atoms with Gasteiger partial charge in [0.2, 0.25) is 0 Å². The maximum absolute atomic E-state index is 3.69. The van der Waals surface area contributed by atoms with Crippen molar-refractivity contribution < 1.29 is 0 Å². The van der Waals surface area contributed by atoms with E-state index in [9.17, 15) is 0 Å². The zero-order chi connectivity index (χ0) is 7.33. The Balaban J connectivity index is 4.15. The predicted molar refractivity (Wildman–Crippen MR) is 46.1 cm³/mol. The third-order valence-corrected chi connectivity index (χ3v) is 3.60. The molecule has 9 heavy (non-hydrogen) atoms. The highest BCUT2D eigenvalue weighted by molar-refractivity contribution is 8.35. The Hall–Kier alpha value is -0.250. The van der Waals surface area contributed by atoms with Crippen LogP contribution >= 0.6 is 10.4 Å². The summed E-state index contributed by atoms with van der Waals surface area (Å²) in [5.41, 5.74) is 0. The van der Waals surface area contributed by atoms with Crippen molar-refractivity contribution >= 4 is 10.4 Å². The Morgan fingerprint density at radius 3 is 1.44 bits per heavy atom. The van der Waals surface area contributed by atoms with Gasteiger partial charge in [-0.2, -0.15) is 0 Å². The molecule has 2 nitrogen and oxygen atoms in total. The fourth-order valence-electron chi connectivity index (χ4n) is 0.503. The zero-order valence-corrected chi connectivity index (χ0v) is 6.79. The van der Waals surface area contributed by atoms with Crippen LogP contribution in [-0.2, 0) is 0 Å². The molecule has 0 bridgehead atoms. The quantitative estimate of drug-likeness (QED) is 0.625. The van der Waals surface area contributed by atoms with Crippen LogP contribution in [0.2, 0.25) is 0 Å².